The van der Waals surface area contributed by atoms with Crippen molar-refractivity contribution < 1.29 is 28.8 Å². The van der Waals surface area contributed by atoms with Gasteiger partial charge in [-0.15, -0.1) is 0 Å². The van der Waals surface area contributed by atoms with Gasteiger partial charge in [-0.3, -0.25) is 0 Å². The van der Waals surface area contributed by atoms with Gasteiger partial charge in [0.15, 0.2) is 23.0 Å². The minimum absolute atomic E-state index is 0.0647. The summed E-state index contributed by atoms with van der Waals surface area (Å²) >= 11 is 0. The predicted octanol–water partition coefficient (Wildman–Crippen LogP) is 1.32. The van der Waals surface area contributed by atoms with E-state index in [0.717, 1.165) is 0 Å². The van der Waals surface area contributed by atoms with Gasteiger partial charge in [-0.2, -0.15) is 0 Å². The van der Waals surface area contributed by atoms with Crippen LogP contribution in [0.4, 0.5) is 0 Å². The van der Waals surface area contributed by atoms with Crippen molar-refractivity contribution in [3.05, 3.63) is 12.1 Å². The van der Waals surface area contributed by atoms with Crippen LogP contribution < -0.4 is 18.9 Å². The molecule has 1 N–H and O–H groups in total. The number of hydrogen-bond donors (Lipinski definition) is 1. The fourth-order valence-electron chi connectivity index (χ4n) is 1.63. The summed E-state index contributed by atoms with van der Waals surface area (Å²) in [6, 6.07) is 3.16. The lowest BCUT2D eigenvalue weighted by atomic mass is 10.1. The van der Waals surface area contributed by atoms with Crippen molar-refractivity contribution in [3.8, 4) is 23.0 Å². The van der Waals surface area contributed by atoms with Gasteiger partial charge in [0, 0.05) is 12.1 Å². The molecule has 0 spiro atoms. The second-order valence-corrected chi connectivity index (χ2v) is 4.08. The van der Waals surface area contributed by atoms with Gasteiger partial charge in [-0.1, -0.05) is 0 Å². The Hall–Kier alpha value is -2.11. The molecule has 1 heterocycles. The number of methoxy groups -OCH3 is 2. The van der Waals surface area contributed by atoms with E-state index in [2.05, 4.69) is 0 Å². The number of carboxylic acids is 1. The highest BCUT2D eigenvalue weighted by atomic mass is 16.6. The molecule has 1 aliphatic rings. The number of carboxylic acid groups (broad SMARTS) is 1. The molecule has 0 aliphatic carbocycles. The van der Waals surface area contributed by atoms with Crippen molar-refractivity contribution in [2.45, 2.75) is 12.5 Å². The maximum absolute atomic E-state index is 11.1. The summed E-state index contributed by atoms with van der Waals surface area (Å²) in [5.74, 6) is 0.631. The van der Waals surface area contributed by atoms with Crippen molar-refractivity contribution >= 4 is 5.97 Å². The normalized spacial score (nSPS) is 21.3. The molecule has 0 bridgehead atoms. The van der Waals surface area contributed by atoms with Crippen LogP contribution >= 0.6 is 0 Å². The van der Waals surface area contributed by atoms with E-state index in [1.54, 1.807) is 12.1 Å². The molecule has 0 aromatic heterocycles. The molecule has 98 valence electrons. The number of benzene rings is 1. The summed E-state index contributed by atoms with van der Waals surface area (Å²) in [7, 11) is 3.00. The molecule has 1 atom stereocenters. The van der Waals surface area contributed by atoms with Gasteiger partial charge in [-0.25, -0.2) is 4.79 Å². The highest BCUT2D eigenvalue weighted by molar-refractivity contribution is 5.78. The molecule has 1 unspecified atom stereocenters. The number of ether oxygens (including phenoxy) is 4. The van der Waals surface area contributed by atoms with E-state index in [1.807, 2.05) is 0 Å². The molecule has 0 radical (unpaired) electrons. The van der Waals surface area contributed by atoms with Crippen molar-refractivity contribution in [1.29, 1.82) is 0 Å². The SMILES string of the molecule is COc1cc2c(cc1OC)OC(C)(C(=O)O)CO2. The minimum Gasteiger partial charge on any atom is -0.493 e. The molecule has 0 amide bonds. The van der Waals surface area contributed by atoms with Crippen LogP contribution in [0.3, 0.4) is 0 Å². The molecule has 6 heteroatoms. The largest absolute Gasteiger partial charge is 0.493 e. The summed E-state index contributed by atoms with van der Waals surface area (Å²) in [5, 5.41) is 9.09. The van der Waals surface area contributed by atoms with E-state index in [-0.39, 0.29) is 6.61 Å². The fraction of sp³-hybridized carbons (Fsp3) is 0.417. The summed E-state index contributed by atoms with van der Waals surface area (Å²) in [4.78, 5) is 11.1. The van der Waals surface area contributed by atoms with Crippen LogP contribution in [0.2, 0.25) is 0 Å². The Balaban J connectivity index is 2.41. The fourth-order valence-corrected chi connectivity index (χ4v) is 1.63. The zero-order valence-electron chi connectivity index (χ0n) is 10.4. The van der Waals surface area contributed by atoms with Gasteiger partial charge in [0.2, 0.25) is 5.60 Å². The second kappa shape index (κ2) is 4.29. The highest BCUT2D eigenvalue weighted by Gasteiger charge is 2.41. The average Bonchev–Trinajstić information content (AvgIpc) is 2.36. The number of carbonyl (C=O) groups is 1. The van der Waals surface area contributed by atoms with Gasteiger partial charge in [-0.05, 0) is 6.92 Å². The Kier molecular flexibility index (Phi) is 2.94. The van der Waals surface area contributed by atoms with E-state index in [1.165, 1.54) is 21.1 Å². The van der Waals surface area contributed by atoms with Gasteiger partial charge in [0.25, 0.3) is 0 Å². The highest BCUT2D eigenvalue weighted by Crippen LogP contribution is 2.43. The molecule has 0 saturated carbocycles. The molecular formula is C12H14O6. The van der Waals surface area contributed by atoms with Crippen LogP contribution in [0.25, 0.3) is 0 Å². The molecule has 6 nitrogen and oxygen atoms in total. The third kappa shape index (κ3) is 1.90. The van der Waals surface area contributed by atoms with Crippen molar-refractivity contribution in [2.24, 2.45) is 0 Å². The lowest BCUT2D eigenvalue weighted by Crippen LogP contribution is -2.49. The first-order valence-electron chi connectivity index (χ1n) is 5.31. The minimum atomic E-state index is -1.40. The van der Waals surface area contributed by atoms with Gasteiger partial charge in [0.05, 0.1) is 14.2 Å². The van der Waals surface area contributed by atoms with E-state index < -0.39 is 11.6 Å². The first-order chi connectivity index (χ1) is 8.50. The van der Waals surface area contributed by atoms with Crippen LogP contribution in [0.15, 0.2) is 12.1 Å². The molecule has 0 fully saturated rings. The smallest absolute Gasteiger partial charge is 0.351 e. The zero-order chi connectivity index (χ0) is 13.3. The molecule has 0 saturated heterocycles. The monoisotopic (exact) mass is 254 g/mol. The number of fused-ring (bicyclic) bond motifs is 1. The summed E-state index contributed by atoms with van der Waals surface area (Å²) in [6.07, 6.45) is 0. The number of hydrogen-bond acceptors (Lipinski definition) is 5. The standard InChI is InChI=1S/C12H14O6/c1-12(11(13)14)6-17-9-4-7(15-2)8(16-3)5-10(9)18-12/h4-5H,6H2,1-3H3,(H,13,14). The molecule has 2 rings (SSSR count). The van der Waals surface area contributed by atoms with Crippen LogP contribution in [-0.4, -0.2) is 37.5 Å². The molecule has 1 aromatic rings. The molecule has 1 aliphatic heterocycles. The maximum Gasteiger partial charge on any atom is 0.351 e. The summed E-state index contributed by atoms with van der Waals surface area (Å²) in [5.41, 5.74) is -1.40. The Morgan fingerprint density at radius 3 is 2.33 bits per heavy atom. The molecule has 18 heavy (non-hydrogen) atoms. The van der Waals surface area contributed by atoms with E-state index in [9.17, 15) is 4.79 Å². The average molecular weight is 254 g/mol. The zero-order valence-corrected chi connectivity index (χ0v) is 10.4. The van der Waals surface area contributed by atoms with Gasteiger partial charge < -0.3 is 24.1 Å². The summed E-state index contributed by atoms with van der Waals surface area (Å²) in [6.45, 7) is 1.39. The first-order valence-corrected chi connectivity index (χ1v) is 5.31. The van der Waals surface area contributed by atoms with Crippen molar-refractivity contribution in [1.82, 2.24) is 0 Å². The van der Waals surface area contributed by atoms with E-state index >= 15 is 0 Å². The summed E-state index contributed by atoms with van der Waals surface area (Å²) < 4.78 is 21.1. The Bertz CT molecular complexity index is 484. The van der Waals surface area contributed by atoms with Crippen LogP contribution in [0.1, 0.15) is 6.92 Å². The third-order valence-corrected chi connectivity index (χ3v) is 2.74. The van der Waals surface area contributed by atoms with Gasteiger partial charge in [0.1, 0.15) is 6.61 Å². The lowest BCUT2D eigenvalue weighted by Gasteiger charge is -2.32. The Morgan fingerprint density at radius 2 is 1.83 bits per heavy atom. The molecule has 1 aromatic carbocycles. The Morgan fingerprint density at radius 1 is 1.28 bits per heavy atom. The van der Waals surface area contributed by atoms with Crippen molar-refractivity contribution in [2.75, 3.05) is 20.8 Å². The quantitative estimate of drug-likeness (QED) is 0.876. The van der Waals surface area contributed by atoms with E-state index in [0.29, 0.717) is 23.0 Å². The third-order valence-electron chi connectivity index (χ3n) is 2.74. The number of rotatable bonds is 3. The second-order valence-electron chi connectivity index (χ2n) is 4.08. The topological polar surface area (TPSA) is 74.2 Å². The first kappa shape index (κ1) is 12.3. The lowest BCUT2D eigenvalue weighted by molar-refractivity contribution is -0.158. The maximum atomic E-state index is 11.1. The van der Waals surface area contributed by atoms with E-state index in [4.69, 9.17) is 24.1 Å². The van der Waals surface area contributed by atoms with Crippen LogP contribution in [0.5, 0.6) is 23.0 Å². The van der Waals surface area contributed by atoms with Crippen LogP contribution in [0, 0.1) is 0 Å². The predicted molar refractivity (Wildman–Crippen MR) is 61.7 cm³/mol. The number of aliphatic carboxylic acids is 1. The Labute approximate surface area is 104 Å². The molecular weight excluding hydrogens is 240 g/mol. The van der Waals surface area contributed by atoms with Gasteiger partial charge >= 0.3 is 5.97 Å². The van der Waals surface area contributed by atoms with Crippen molar-refractivity contribution in [3.63, 3.8) is 0 Å². The van der Waals surface area contributed by atoms with Crippen LogP contribution in [-0.2, 0) is 4.79 Å².